The summed E-state index contributed by atoms with van der Waals surface area (Å²) in [6.07, 6.45) is 3.20. The van der Waals surface area contributed by atoms with E-state index >= 15 is 0 Å². The number of nitrogens with zero attached hydrogens (tertiary/aromatic N) is 6. The Bertz CT molecular complexity index is 1450. The highest BCUT2D eigenvalue weighted by molar-refractivity contribution is 6.32. The van der Waals surface area contributed by atoms with Gasteiger partial charge in [-0.1, -0.05) is 17.7 Å². The minimum Gasteiger partial charge on any atom is -0.493 e. The number of rotatable bonds is 8. The van der Waals surface area contributed by atoms with E-state index < -0.39 is 0 Å². The molecule has 0 saturated heterocycles. The number of nitrogens with one attached hydrogen (secondary N) is 2. The van der Waals surface area contributed by atoms with Crippen LogP contribution >= 0.6 is 11.6 Å². The van der Waals surface area contributed by atoms with E-state index in [2.05, 4.69) is 20.3 Å². The van der Waals surface area contributed by atoms with Gasteiger partial charge in [0.05, 0.1) is 23.7 Å². The molecule has 37 heavy (non-hydrogen) atoms. The monoisotopic (exact) mass is 521 g/mol. The molecule has 0 aliphatic carbocycles. The zero-order chi connectivity index (χ0) is 26.9. The largest absolute Gasteiger partial charge is 0.493 e. The average Bonchev–Trinajstić information content (AvgIpc) is 3.25. The molecule has 0 aliphatic heterocycles. The molecule has 0 fully saturated rings. The maximum Gasteiger partial charge on any atom is 0.164 e. The van der Waals surface area contributed by atoms with Crippen LogP contribution < -0.4 is 15.8 Å². The number of hydrogen-bond acceptors (Lipinski definition) is 8. The van der Waals surface area contributed by atoms with Crippen LogP contribution in [-0.2, 0) is 6.54 Å². The van der Waals surface area contributed by atoms with E-state index in [1.54, 1.807) is 11.1 Å². The molecule has 1 unspecified atom stereocenters. The first kappa shape index (κ1) is 26.3. The van der Waals surface area contributed by atoms with Crippen molar-refractivity contribution < 1.29 is 4.74 Å². The van der Waals surface area contributed by atoms with Crippen LogP contribution in [-0.4, -0.2) is 63.2 Å². The fourth-order valence-electron chi connectivity index (χ4n) is 4.37. The zero-order valence-electron chi connectivity index (χ0n) is 21.9. The van der Waals surface area contributed by atoms with Crippen LogP contribution in [0.3, 0.4) is 0 Å². The number of pyridine rings is 1. The van der Waals surface area contributed by atoms with Crippen LogP contribution in [0.4, 0.5) is 5.82 Å². The number of aromatic nitrogens is 5. The number of ether oxygens (including phenoxy) is 1. The third-order valence-corrected chi connectivity index (χ3v) is 6.68. The van der Waals surface area contributed by atoms with E-state index in [0.717, 1.165) is 33.3 Å². The predicted molar refractivity (Wildman–Crippen MR) is 147 cm³/mol. The van der Waals surface area contributed by atoms with Crippen molar-refractivity contribution >= 4 is 34.3 Å². The molecule has 194 valence electrons. The second kappa shape index (κ2) is 10.7. The van der Waals surface area contributed by atoms with E-state index in [-0.39, 0.29) is 6.04 Å². The van der Waals surface area contributed by atoms with Gasteiger partial charge < -0.3 is 20.7 Å². The minimum absolute atomic E-state index is 0.282. The van der Waals surface area contributed by atoms with Gasteiger partial charge in [0.1, 0.15) is 29.4 Å². The predicted octanol–water partition coefficient (Wildman–Crippen LogP) is 4.05. The Kier molecular flexibility index (Phi) is 7.60. The van der Waals surface area contributed by atoms with Gasteiger partial charge in [0, 0.05) is 48.5 Å². The quantitative estimate of drug-likeness (QED) is 0.234. The van der Waals surface area contributed by atoms with Gasteiger partial charge in [-0.15, -0.1) is 0 Å². The summed E-state index contributed by atoms with van der Waals surface area (Å²) in [5.74, 6) is 1.42. The molecule has 4 aromatic rings. The van der Waals surface area contributed by atoms with Gasteiger partial charge >= 0.3 is 0 Å². The van der Waals surface area contributed by atoms with Crippen LogP contribution in [0.2, 0.25) is 5.02 Å². The normalized spacial score (nSPS) is 12.1. The van der Waals surface area contributed by atoms with Gasteiger partial charge in [0.25, 0.3) is 0 Å². The van der Waals surface area contributed by atoms with Crippen molar-refractivity contribution in [2.75, 3.05) is 33.5 Å². The second-order valence-corrected chi connectivity index (χ2v) is 9.35. The summed E-state index contributed by atoms with van der Waals surface area (Å²) in [5.41, 5.74) is 11.6. The molecule has 11 heteroatoms. The van der Waals surface area contributed by atoms with Crippen LogP contribution in [0.1, 0.15) is 42.4 Å². The molecular weight excluding hydrogens is 490 g/mol. The smallest absolute Gasteiger partial charge is 0.164 e. The Morgan fingerprint density at radius 1 is 1.27 bits per heavy atom. The summed E-state index contributed by atoms with van der Waals surface area (Å²) in [6.45, 7) is 6.92. The highest BCUT2D eigenvalue weighted by Gasteiger charge is 2.26. The minimum atomic E-state index is -0.282. The van der Waals surface area contributed by atoms with Gasteiger partial charge in [-0.3, -0.25) is 10.4 Å². The molecular formula is C26H32ClN9O. The molecule has 0 radical (unpaired) electrons. The molecule has 10 nitrogen and oxygen atoms in total. The van der Waals surface area contributed by atoms with E-state index in [9.17, 15) is 0 Å². The molecule has 0 aliphatic rings. The number of halogens is 1. The summed E-state index contributed by atoms with van der Waals surface area (Å²) < 4.78 is 8.10. The molecule has 0 saturated carbocycles. The van der Waals surface area contributed by atoms with Gasteiger partial charge in [-0.25, -0.2) is 14.6 Å². The van der Waals surface area contributed by atoms with Crippen LogP contribution in [0.15, 0.2) is 30.7 Å². The van der Waals surface area contributed by atoms with Crippen molar-refractivity contribution in [1.29, 1.82) is 5.41 Å². The Balaban J connectivity index is 1.91. The van der Waals surface area contributed by atoms with Crippen LogP contribution in [0.25, 0.3) is 22.2 Å². The Morgan fingerprint density at radius 2 is 2.03 bits per heavy atom. The van der Waals surface area contributed by atoms with Crippen molar-refractivity contribution in [3.8, 4) is 16.9 Å². The second-order valence-electron chi connectivity index (χ2n) is 8.94. The maximum atomic E-state index is 8.23. The van der Waals surface area contributed by atoms with Crippen molar-refractivity contribution in [3.05, 3.63) is 58.3 Å². The first-order valence-electron chi connectivity index (χ1n) is 12.0. The first-order chi connectivity index (χ1) is 17.7. The highest BCUT2D eigenvalue weighted by Crippen LogP contribution is 2.43. The number of anilines is 1. The lowest BCUT2D eigenvalue weighted by molar-refractivity contribution is 0.333. The van der Waals surface area contributed by atoms with Crippen molar-refractivity contribution in [1.82, 2.24) is 34.9 Å². The van der Waals surface area contributed by atoms with E-state index in [4.69, 9.17) is 32.6 Å². The molecule has 3 heterocycles. The van der Waals surface area contributed by atoms with Crippen molar-refractivity contribution in [2.24, 2.45) is 0 Å². The summed E-state index contributed by atoms with van der Waals surface area (Å²) in [4.78, 5) is 14.9. The molecule has 1 atom stereocenters. The maximum absolute atomic E-state index is 8.23. The summed E-state index contributed by atoms with van der Waals surface area (Å²) in [5, 5.41) is 17.5. The highest BCUT2D eigenvalue weighted by atomic mass is 35.5. The summed E-state index contributed by atoms with van der Waals surface area (Å²) in [7, 11) is 5.49. The fraction of sp³-hybridized carbons (Fsp3) is 0.346. The van der Waals surface area contributed by atoms with Crippen LogP contribution in [0.5, 0.6) is 5.75 Å². The number of nitrogens with two attached hydrogens (primary N) is 1. The molecule has 0 bridgehead atoms. The zero-order valence-corrected chi connectivity index (χ0v) is 22.7. The van der Waals surface area contributed by atoms with Crippen molar-refractivity contribution in [3.63, 3.8) is 0 Å². The van der Waals surface area contributed by atoms with Crippen molar-refractivity contribution in [2.45, 2.75) is 33.4 Å². The van der Waals surface area contributed by atoms with Gasteiger partial charge in [-0.2, -0.15) is 5.10 Å². The lowest BCUT2D eigenvalue weighted by Gasteiger charge is -2.23. The number of benzene rings is 1. The van der Waals surface area contributed by atoms with Gasteiger partial charge in [0.2, 0.25) is 0 Å². The molecule has 3 aromatic heterocycles. The summed E-state index contributed by atoms with van der Waals surface area (Å²) >= 11 is 6.79. The number of hydrogen-bond donors (Lipinski definition) is 3. The Labute approximate surface area is 221 Å². The van der Waals surface area contributed by atoms with Crippen LogP contribution in [0, 0.1) is 12.3 Å². The molecule has 0 spiro atoms. The SMILES string of the molecule is CCOc1c(C(C)n2nc(CNC)c3c(N)ncnc32)cc(Cl)c(C)c1-c1ccc(C(=N)N(C)C)nc1. The van der Waals surface area contributed by atoms with E-state index in [0.29, 0.717) is 46.9 Å². The number of amidine groups is 1. The van der Waals surface area contributed by atoms with Gasteiger partial charge in [-0.05, 0) is 45.5 Å². The lowest BCUT2D eigenvalue weighted by atomic mass is 9.94. The molecule has 1 aromatic carbocycles. The molecule has 0 amide bonds. The third-order valence-electron chi connectivity index (χ3n) is 6.29. The lowest BCUT2D eigenvalue weighted by Crippen LogP contribution is -2.22. The number of fused-ring (bicyclic) bond motifs is 1. The summed E-state index contributed by atoms with van der Waals surface area (Å²) in [6, 6.07) is 5.42. The van der Waals surface area contributed by atoms with E-state index in [1.165, 1.54) is 6.33 Å². The molecule has 4 rings (SSSR count). The topological polar surface area (TPSA) is 131 Å². The Morgan fingerprint density at radius 3 is 2.65 bits per heavy atom. The third kappa shape index (κ3) is 4.82. The molecule has 4 N–H and O–H groups in total. The van der Waals surface area contributed by atoms with E-state index in [1.807, 2.05) is 64.8 Å². The fourth-order valence-corrected chi connectivity index (χ4v) is 4.59. The van der Waals surface area contributed by atoms with Gasteiger partial charge in [0.15, 0.2) is 5.65 Å². The standard InChI is InChI=1S/C26H32ClN9O/c1-7-37-23-17(15(3)36-26-22(20(34-36)12-30-4)24(28)32-13-33-26)10-18(27)14(2)21(23)16-8-9-19(31-11-16)25(29)35(5)6/h8-11,13,15,29-30H,7,12H2,1-6H3,(H2,28,32,33). The average molecular weight is 522 g/mol. The Hall–Kier alpha value is -3.76. The first-order valence-corrected chi connectivity index (χ1v) is 12.4. The number of nitrogen functional groups attached to an aromatic ring is 1.